The molecule has 0 fully saturated rings. The maximum Gasteiger partial charge on any atom is 0.510 e. The van der Waals surface area contributed by atoms with Gasteiger partial charge in [-0.15, -0.1) is 0 Å². The second kappa shape index (κ2) is 11.9. The topological polar surface area (TPSA) is 55.4 Å². The first-order valence-electron chi connectivity index (χ1n) is 7.33. The van der Waals surface area contributed by atoms with Gasteiger partial charge in [0.1, 0.15) is 0 Å². The molecule has 2 aromatic carbocycles. The average molecular weight is 426 g/mol. The molecule has 0 heterocycles. The van der Waals surface area contributed by atoms with Crippen molar-refractivity contribution in [1.82, 2.24) is 0 Å². The smallest absolute Gasteiger partial charge is 0.510 e. The Morgan fingerprint density at radius 3 is 1.44 bits per heavy atom. The SMILES string of the molecule is CO[Si](OC)(OC)c1ccc[c-]1[Si](OC)(OC)OC.[Fe].[cH-]1[cH-][cH-][cH-][cH-]1. The summed E-state index contributed by atoms with van der Waals surface area (Å²) in [5, 5.41) is 1.61. The normalized spacial score (nSPS) is 11.4. The minimum atomic E-state index is -2.95. The van der Waals surface area contributed by atoms with E-state index < -0.39 is 17.6 Å². The zero-order valence-electron chi connectivity index (χ0n) is 15.4. The van der Waals surface area contributed by atoms with Crippen molar-refractivity contribution in [2.24, 2.45) is 0 Å². The van der Waals surface area contributed by atoms with Crippen LogP contribution in [0.25, 0.3) is 0 Å². The summed E-state index contributed by atoms with van der Waals surface area (Å²) < 4.78 is 33.0. The van der Waals surface area contributed by atoms with Gasteiger partial charge in [0.15, 0.2) is 0 Å². The molecule has 0 saturated carbocycles. The van der Waals surface area contributed by atoms with Crippen molar-refractivity contribution in [1.29, 1.82) is 0 Å². The number of rotatable bonds is 8. The molecule has 2 rings (SSSR count). The van der Waals surface area contributed by atoms with Gasteiger partial charge in [-0.2, -0.15) is 6.07 Å². The molecule has 148 valence electrons. The van der Waals surface area contributed by atoms with Gasteiger partial charge in [0.2, 0.25) is 0 Å². The van der Waals surface area contributed by atoms with Crippen molar-refractivity contribution >= 4 is 28.0 Å². The Labute approximate surface area is 162 Å². The Morgan fingerprint density at radius 2 is 1.12 bits per heavy atom. The minimum Gasteiger partial charge on any atom is -0.748 e. The Balaban J connectivity index is 0.000000820. The molecule has 0 aliphatic rings. The van der Waals surface area contributed by atoms with Gasteiger partial charge in [-0.1, -0.05) is 10.4 Å². The van der Waals surface area contributed by atoms with Crippen LogP contribution in [-0.2, 0) is 43.6 Å². The van der Waals surface area contributed by atoms with Crippen LogP contribution in [0.4, 0.5) is 0 Å². The third-order valence-electron chi connectivity index (χ3n) is 3.64. The van der Waals surface area contributed by atoms with Crippen LogP contribution in [-0.4, -0.2) is 60.3 Å². The molecule has 2 aromatic rings. The molecule has 0 bridgehead atoms. The van der Waals surface area contributed by atoms with E-state index in [1.165, 1.54) is 0 Å². The summed E-state index contributed by atoms with van der Waals surface area (Å²) in [5.41, 5.74) is 0. The van der Waals surface area contributed by atoms with Crippen LogP contribution in [0.5, 0.6) is 0 Å². The summed E-state index contributed by atoms with van der Waals surface area (Å²) in [6.45, 7) is 0. The van der Waals surface area contributed by atoms with Crippen molar-refractivity contribution in [3.8, 4) is 0 Å². The van der Waals surface area contributed by atoms with E-state index >= 15 is 0 Å². The van der Waals surface area contributed by atoms with Gasteiger partial charge in [-0.25, -0.2) is 12.1 Å². The molecule has 0 atom stereocenters. The maximum absolute atomic E-state index is 5.50. The predicted molar refractivity (Wildman–Crippen MR) is 96.9 cm³/mol. The first-order valence-corrected chi connectivity index (χ1v) is 10.8. The van der Waals surface area contributed by atoms with Crippen LogP contribution in [0, 0.1) is 0 Å². The molecular weight excluding hydrogens is 400 g/mol. The number of hydrogen-bond acceptors (Lipinski definition) is 6. The fourth-order valence-electron chi connectivity index (χ4n) is 2.43. The van der Waals surface area contributed by atoms with Crippen molar-refractivity contribution in [3.63, 3.8) is 0 Å². The zero-order valence-corrected chi connectivity index (χ0v) is 18.5. The molecular formula is C16H26FeO6Si2-6. The second-order valence-corrected chi connectivity index (χ2v) is 10.4. The van der Waals surface area contributed by atoms with Crippen LogP contribution in [0.2, 0.25) is 0 Å². The molecule has 0 aliphatic heterocycles. The van der Waals surface area contributed by atoms with Gasteiger partial charge in [0.05, 0.1) is 0 Å². The monoisotopic (exact) mass is 426 g/mol. The molecule has 0 N–H and O–H groups in total. The van der Waals surface area contributed by atoms with Crippen molar-refractivity contribution < 1.29 is 43.6 Å². The maximum atomic E-state index is 5.50. The van der Waals surface area contributed by atoms with Gasteiger partial charge in [0, 0.05) is 59.7 Å². The van der Waals surface area contributed by atoms with E-state index in [-0.39, 0.29) is 17.1 Å². The van der Waals surface area contributed by atoms with Gasteiger partial charge < -0.3 is 56.9 Å². The first kappa shape index (κ1) is 24.4. The quantitative estimate of drug-likeness (QED) is 0.464. The molecule has 0 saturated heterocycles. The van der Waals surface area contributed by atoms with Gasteiger partial charge in [-0.05, 0) is 0 Å². The van der Waals surface area contributed by atoms with E-state index in [9.17, 15) is 0 Å². The molecule has 0 unspecified atom stereocenters. The Morgan fingerprint density at radius 1 is 0.720 bits per heavy atom. The van der Waals surface area contributed by atoms with Crippen LogP contribution in [0.1, 0.15) is 0 Å². The predicted octanol–water partition coefficient (Wildman–Crippen LogP) is 0.979. The summed E-state index contributed by atoms with van der Waals surface area (Å²) in [4.78, 5) is 0. The van der Waals surface area contributed by atoms with E-state index in [4.69, 9.17) is 26.6 Å². The fourth-order valence-corrected chi connectivity index (χ4v) is 7.10. The Kier molecular flexibility index (Phi) is 11.6. The van der Waals surface area contributed by atoms with Crippen LogP contribution >= 0.6 is 0 Å². The molecule has 0 aliphatic carbocycles. The third-order valence-corrected chi connectivity index (χ3v) is 9.31. The molecule has 0 aromatic heterocycles. The van der Waals surface area contributed by atoms with Gasteiger partial charge in [0.25, 0.3) is 0 Å². The van der Waals surface area contributed by atoms with Crippen molar-refractivity contribution in [2.75, 3.05) is 42.7 Å². The first-order chi connectivity index (χ1) is 11.6. The Bertz CT molecular complexity index is 484. The second-order valence-electron chi connectivity index (χ2n) is 4.65. The van der Waals surface area contributed by atoms with E-state index in [0.717, 1.165) is 10.4 Å². The molecule has 0 amide bonds. The fraction of sp³-hybridized carbons (Fsp3) is 0.375. The van der Waals surface area contributed by atoms with Crippen LogP contribution < -0.4 is 10.4 Å². The van der Waals surface area contributed by atoms with Crippen molar-refractivity contribution in [3.05, 3.63) is 48.5 Å². The van der Waals surface area contributed by atoms with Crippen molar-refractivity contribution in [2.45, 2.75) is 0 Å². The van der Waals surface area contributed by atoms with Gasteiger partial charge in [-0.3, -0.25) is 0 Å². The average Bonchev–Trinajstić information content (AvgIpc) is 3.35. The third kappa shape index (κ3) is 5.44. The molecule has 6 nitrogen and oxygen atoms in total. The molecule has 0 radical (unpaired) electrons. The van der Waals surface area contributed by atoms with E-state index in [1.807, 2.05) is 48.5 Å². The molecule has 25 heavy (non-hydrogen) atoms. The van der Waals surface area contributed by atoms with Crippen LogP contribution in [0.3, 0.4) is 0 Å². The Hall–Kier alpha value is -0.587. The summed E-state index contributed by atoms with van der Waals surface area (Å²) in [6.07, 6.45) is 0. The van der Waals surface area contributed by atoms with E-state index in [0.29, 0.717) is 0 Å². The van der Waals surface area contributed by atoms with Crippen LogP contribution in [0.15, 0.2) is 48.5 Å². The van der Waals surface area contributed by atoms with Gasteiger partial charge >= 0.3 is 17.6 Å². The van der Waals surface area contributed by atoms with E-state index in [2.05, 4.69) is 0 Å². The largest absolute Gasteiger partial charge is 0.748 e. The summed E-state index contributed by atoms with van der Waals surface area (Å²) in [6, 6.07) is 15.6. The minimum absolute atomic E-state index is 0. The standard InChI is InChI=1S/C11H21O6Si2.C5H5.Fe/c1-12-18(13-2,14-3)10-8-7-9-11(10)19(15-4,16-5)17-6;1-2-4-5-3-1;/h7-9H,1-6H3;1-5H;/q-1;-5;. The zero-order chi connectivity index (χ0) is 18.1. The molecule has 0 spiro atoms. The molecule has 9 heteroatoms. The summed E-state index contributed by atoms with van der Waals surface area (Å²) >= 11 is 0. The van der Waals surface area contributed by atoms with E-state index in [1.54, 1.807) is 42.7 Å². The number of hydrogen-bond donors (Lipinski definition) is 0. The summed E-state index contributed by atoms with van der Waals surface area (Å²) in [5.74, 6) is 0. The summed E-state index contributed by atoms with van der Waals surface area (Å²) in [7, 11) is 3.47.